The Balaban J connectivity index is 0. The molecule has 0 rings (SSSR count). The Bertz CT molecular complexity index is 240. The predicted molar refractivity (Wildman–Crippen MR) is 113 cm³/mol. The molecule has 1 N–H and O–H groups in total. The second kappa shape index (κ2) is 26.7. The van der Waals surface area contributed by atoms with Gasteiger partial charge in [-0.3, -0.25) is 4.79 Å². The molecule has 0 aromatic carbocycles. The molecule has 0 saturated carbocycles. The number of carbonyl (C=O) groups is 1. The van der Waals surface area contributed by atoms with Crippen molar-refractivity contribution >= 4 is 33.9 Å². The van der Waals surface area contributed by atoms with Gasteiger partial charge < -0.3 is 5.11 Å². The van der Waals surface area contributed by atoms with Crippen LogP contribution < -0.4 is 0 Å². The van der Waals surface area contributed by atoms with Gasteiger partial charge in [0.25, 0.3) is 0 Å². The molecule has 146 valence electrons. The summed E-state index contributed by atoms with van der Waals surface area (Å²) in [6.45, 7) is 4.52. The van der Waals surface area contributed by atoms with Gasteiger partial charge >= 0.3 is 70.2 Å². The molecule has 0 amide bonds. The molecule has 0 radical (unpaired) electrons. The molecule has 0 aromatic heterocycles. The summed E-state index contributed by atoms with van der Waals surface area (Å²) >= 11 is 1.41. The first-order chi connectivity index (χ1) is 12.2. The molecule has 0 spiro atoms. The van der Waals surface area contributed by atoms with Crippen molar-refractivity contribution in [2.24, 2.45) is 0 Å². The Labute approximate surface area is 176 Å². The minimum absolute atomic E-state index is 0.345. The second-order valence-corrected chi connectivity index (χ2v) is 8.45. The normalized spacial score (nSPS) is 10.4. The molecule has 0 saturated heterocycles. The zero-order chi connectivity index (χ0) is 19.0. The van der Waals surface area contributed by atoms with Crippen molar-refractivity contribution in [3.8, 4) is 0 Å². The first kappa shape index (κ1) is 27.7. The topological polar surface area (TPSA) is 37.3 Å². The number of carboxylic acids is 1. The van der Waals surface area contributed by atoms with E-state index in [1.54, 1.807) is 0 Å². The number of rotatable bonds is 18. The first-order valence-electron chi connectivity index (χ1n) is 11.4. The number of unbranched alkanes of at least 4 members (excludes halogenated alkanes) is 15. The number of hydrogen-bond acceptors (Lipinski definition) is 1. The Kier molecular flexibility index (Phi) is 29.6. The quantitative estimate of drug-likeness (QED) is 0.200. The van der Waals surface area contributed by atoms with Gasteiger partial charge in [-0.2, -0.15) is 0 Å². The van der Waals surface area contributed by atoms with Crippen LogP contribution in [0.2, 0.25) is 3.67 Å². The van der Waals surface area contributed by atoms with Crippen LogP contribution in [0.1, 0.15) is 129 Å². The Morgan fingerprint density at radius 3 is 1.24 bits per heavy atom. The molecule has 0 atom stereocenters. The van der Waals surface area contributed by atoms with Crippen LogP contribution in [-0.2, 0) is 4.79 Å². The van der Waals surface area contributed by atoms with Gasteiger partial charge in [-0.1, -0.05) is 84.0 Å². The number of hydrogen-bond donors (Lipinski definition) is 1. The fraction of sp³-hybridized carbons (Fsp3) is 0.955. The van der Waals surface area contributed by atoms with Crippen LogP contribution >= 0.6 is 0 Å². The first-order valence-corrected chi connectivity index (χ1v) is 12.8. The van der Waals surface area contributed by atoms with Crippen molar-refractivity contribution in [1.82, 2.24) is 0 Å². The van der Waals surface area contributed by atoms with Crippen molar-refractivity contribution in [2.45, 2.75) is 133 Å². The van der Waals surface area contributed by atoms with Crippen LogP contribution in [0.15, 0.2) is 0 Å². The monoisotopic (exact) mass is 364 g/mol. The van der Waals surface area contributed by atoms with Gasteiger partial charge in [-0.25, -0.2) is 0 Å². The third-order valence-electron chi connectivity index (χ3n) is 4.70. The van der Waals surface area contributed by atoms with E-state index in [4.69, 9.17) is 5.11 Å². The standard InChI is InChI=1S/C16H32O2.C6H13.Na/c1-2-3-4-5-6-7-8-9-10-11-12-13-14-15-16(17)18;1-3-5-6-4-2;/h2-15H2,1H3,(H,17,18);1,3-6H2,2H3;. The molecule has 0 aliphatic carbocycles. The summed E-state index contributed by atoms with van der Waals surface area (Å²) in [4.78, 5) is 10.3. The summed E-state index contributed by atoms with van der Waals surface area (Å²) in [5.74, 6) is -0.655. The zero-order valence-corrected chi connectivity index (χ0v) is 19.8. The molecule has 0 unspecified atom stereocenters. The minimum atomic E-state index is -0.655. The third kappa shape index (κ3) is 32.6. The summed E-state index contributed by atoms with van der Waals surface area (Å²) in [5.41, 5.74) is 0. The summed E-state index contributed by atoms with van der Waals surface area (Å²) < 4.78 is 1.50. The van der Waals surface area contributed by atoms with Crippen LogP contribution in [-0.4, -0.2) is 39.0 Å². The Morgan fingerprint density at radius 1 is 0.600 bits per heavy atom. The van der Waals surface area contributed by atoms with E-state index < -0.39 is 5.97 Å². The van der Waals surface area contributed by atoms with Crippen LogP contribution in [0.3, 0.4) is 0 Å². The predicted octanol–water partition coefficient (Wildman–Crippen LogP) is 7.71. The maximum atomic E-state index is 10.3. The molecule has 0 aromatic rings. The Morgan fingerprint density at radius 2 is 0.920 bits per heavy atom. The molecule has 0 heterocycles. The summed E-state index contributed by atoms with van der Waals surface area (Å²) in [6, 6.07) is 0. The van der Waals surface area contributed by atoms with E-state index in [1.165, 1.54) is 128 Å². The van der Waals surface area contributed by atoms with Crippen LogP contribution in [0.4, 0.5) is 0 Å². The maximum absolute atomic E-state index is 10.3. The molecular formula is C22H45NaO2. The van der Waals surface area contributed by atoms with E-state index in [1.807, 2.05) is 0 Å². The molecule has 0 aliphatic heterocycles. The molecule has 0 aliphatic rings. The van der Waals surface area contributed by atoms with Crippen LogP contribution in [0.25, 0.3) is 0 Å². The number of carboxylic acid groups (broad SMARTS) is 1. The van der Waals surface area contributed by atoms with E-state index in [0.717, 1.165) is 12.8 Å². The second-order valence-electron chi connectivity index (χ2n) is 7.45. The van der Waals surface area contributed by atoms with Gasteiger partial charge in [0.1, 0.15) is 0 Å². The average molecular weight is 365 g/mol. The van der Waals surface area contributed by atoms with Gasteiger partial charge in [-0.05, 0) is 6.42 Å². The van der Waals surface area contributed by atoms with E-state index >= 15 is 0 Å². The average Bonchev–Trinajstić information content (AvgIpc) is 2.60. The number of aliphatic carboxylic acids is 1. The molecule has 25 heavy (non-hydrogen) atoms. The summed E-state index contributed by atoms with van der Waals surface area (Å²) in [5, 5.41) is 8.49. The van der Waals surface area contributed by atoms with Crippen molar-refractivity contribution < 1.29 is 9.90 Å². The van der Waals surface area contributed by atoms with Gasteiger partial charge in [0.05, 0.1) is 0 Å². The van der Waals surface area contributed by atoms with Gasteiger partial charge in [-0.15, -0.1) is 0 Å². The zero-order valence-electron chi connectivity index (χ0n) is 17.8. The van der Waals surface area contributed by atoms with Gasteiger partial charge in [0, 0.05) is 6.42 Å². The fourth-order valence-electron chi connectivity index (χ4n) is 2.97. The van der Waals surface area contributed by atoms with E-state index in [2.05, 4.69) is 13.8 Å². The van der Waals surface area contributed by atoms with Crippen molar-refractivity contribution in [3.05, 3.63) is 0 Å². The van der Waals surface area contributed by atoms with Crippen LogP contribution in [0, 0.1) is 0 Å². The molecule has 0 fully saturated rings. The SMILES string of the molecule is CCCCCCCCCCCCCCCC(=O)O.CCCCC[CH2][Na]. The molecular weight excluding hydrogens is 319 g/mol. The molecule has 0 bridgehead atoms. The molecule has 2 nitrogen and oxygen atoms in total. The Hall–Kier alpha value is 0.470. The van der Waals surface area contributed by atoms with Crippen molar-refractivity contribution in [2.75, 3.05) is 0 Å². The van der Waals surface area contributed by atoms with Gasteiger partial charge in [0.2, 0.25) is 0 Å². The third-order valence-corrected chi connectivity index (χ3v) is 5.41. The van der Waals surface area contributed by atoms with E-state index in [0.29, 0.717) is 6.42 Å². The fourth-order valence-corrected chi connectivity index (χ4v) is 3.47. The van der Waals surface area contributed by atoms with Crippen molar-refractivity contribution in [3.63, 3.8) is 0 Å². The van der Waals surface area contributed by atoms with Gasteiger partial charge in [0.15, 0.2) is 0 Å². The van der Waals surface area contributed by atoms with Crippen LogP contribution in [0.5, 0.6) is 0 Å². The van der Waals surface area contributed by atoms with E-state index in [-0.39, 0.29) is 0 Å². The summed E-state index contributed by atoms with van der Waals surface area (Å²) in [6.07, 6.45) is 23.1. The van der Waals surface area contributed by atoms with Crippen molar-refractivity contribution in [1.29, 1.82) is 0 Å². The van der Waals surface area contributed by atoms with E-state index in [9.17, 15) is 4.79 Å². The molecule has 3 heteroatoms. The summed E-state index contributed by atoms with van der Waals surface area (Å²) in [7, 11) is 0.